The number of nitrogens with two attached hydrogens (primary N) is 3. The van der Waals surface area contributed by atoms with Gasteiger partial charge in [-0.15, -0.1) is 0 Å². The number of benzene rings is 2. The molecular formula is C30H41N7O3. The van der Waals surface area contributed by atoms with Gasteiger partial charge in [0.15, 0.2) is 0 Å². The monoisotopic (exact) mass is 547 g/mol. The second-order valence-corrected chi connectivity index (χ2v) is 9.80. The minimum absolute atomic E-state index is 0.0904. The Hall–Kier alpha value is -3.86. The van der Waals surface area contributed by atoms with Crippen LogP contribution in [0.25, 0.3) is 10.9 Å². The number of para-hydroxylation sites is 1. The number of hydrogen-bond acceptors (Lipinski definition) is 7. The predicted molar refractivity (Wildman–Crippen MR) is 158 cm³/mol. The highest BCUT2D eigenvalue weighted by Crippen LogP contribution is 2.17. The van der Waals surface area contributed by atoms with Crippen molar-refractivity contribution in [1.82, 2.24) is 15.2 Å². The van der Waals surface area contributed by atoms with Gasteiger partial charge in [-0.2, -0.15) is 0 Å². The van der Waals surface area contributed by atoms with Crippen molar-refractivity contribution >= 4 is 34.3 Å². The number of amides is 3. The number of rotatable bonds is 16. The summed E-state index contributed by atoms with van der Waals surface area (Å²) in [5, 5.41) is 6.58. The number of aromatic nitrogens is 1. The zero-order valence-corrected chi connectivity index (χ0v) is 22.9. The molecule has 2 aromatic carbocycles. The number of nitrogens with one attached hydrogen (secondary N) is 2. The van der Waals surface area contributed by atoms with Crippen LogP contribution in [-0.2, 0) is 20.8 Å². The highest BCUT2D eigenvalue weighted by atomic mass is 16.2. The van der Waals surface area contributed by atoms with E-state index in [1.165, 1.54) is 0 Å². The predicted octanol–water partition coefficient (Wildman–Crippen LogP) is 1.92. The molecule has 0 aliphatic rings. The van der Waals surface area contributed by atoms with Gasteiger partial charge in [0.1, 0.15) is 6.04 Å². The summed E-state index contributed by atoms with van der Waals surface area (Å²) in [5.74, 6) is -0.931. The van der Waals surface area contributed by atoms with Gasteiger partial charge in [-0.05, 0) is 62.9 Å². The maximum Gasteiger partial charge on any atom is 0.247 e. The van der Waals surface area contributed by atoms with E-state index < -0.39 is 18.0 Å². The Balaban J connectivity index is 1.63. The van der Waals surface area contributed by atoms with E-state index in [-0.39, 0.29) is 24.7 Å². The maximum atomic E-state index is 13.3. The van der Waals surface area contributed by atoms with Crippen molar-refractivity contribution in [2.75, 3.05) is 31.5 Å². The summed E-state index contributed by atoms with van der Waals surface area (Å²) in [6.45, 7) is 2.05. The number of aryl methyl sites for hydroxylation is 1. The van der Waals surface area contributed by atoms with Gasteiger partial charge < -0.3 is 32.7 Å². The summed E-state index contributed by atoms with van der Waals surface area (Å²) in [4.78, 5) is 45.2. The Morgan fingerprint density at radius 3 is 2.25 bits per heavy atom. The van der Waals surface area contributed by atoms with E-state index in [0.29, 0.717) is 57.5 Å². The van der Waals surface area contributed by atoms with E-state index in [1.807, 2.05) is 60.7 Å². The summed E-state index contributed by atoms with van der Waals surface area (Å²) < 4.78 is 0. The fourth-order valence-corrected chi connectivity index (χ4v) is 4.37. The molecule has 3 rings (SSSR count). The molecule has 0 saturated heterocycles. The molecule has 2 atom stereocenters. The third-order valence-electron chi connectivity index (χ3n) is 6.68. The molecule has 40 heavy (non-hydrogen) atoms. The van der Waals surface area contributed by atoms with E-state index in [1.54, 1.807) is 11.1 Å². The molecule has 3 aromatic rings. The lowest BCUT2D eigenvalue weighted by molar-refractivity contribution is -0.132. The van der Waals surface area contributed by atoms with E-state index >= 15 is 0 Å². The Kier molecular flexibility index (Phi) is 12.5. The summed E-state index contributed by atoms with van der Waals surface area (Å²) in [7, 11) is 0. The van der Waals surface area contributed by atoms with Crippen LogP contribution in [0.1, 0.15) is 37.7 Å². The van der Waals surface area contributed by atoms with Crippen LogP contribution in [-0.4, -0.2) is 65.9 Å². The largest absolute Gasteiger partial charge is 0.343 e. The van der Waals surface area contributed by atoms with Crippen molar-refractivity contribution in [3.63, 3.8) is 0 Å². The minimum atomic E-state index is -0.941. The number of carbonyl (C=O) groups excluding carboxylic acids is 3. The van der Waals surface area contributed by atoms with Gasteiger partial charge >= 0.3 is 0 Å². The molecule has 0 aliphatic carbocycles. The highest BCUT2D eigenvalue weighted by molar-refractivity contribution is 5.99. The number of anilines is 1. The third kappa shape index (κ3) is 9.71. The zero-order chi connectivity index (χ0) is 28.7. The molecule has 10 nitrogen and oxygen atoms in total. The molecule has 0 spiro atoms. The molecule has 3 amide bonds. The first-order valence-corrected chi connectivity index (χ1v) is 13.8. The van der Waals surface area contributed by atoms with E-state index in [4.69, 9.17) is 17.2 Å². The van der Waals surface area contributed by atoms with E-state index in [0.717, 1.165) is 16.5 Å². The van der Waals surface area contributed by atoms with E-state index in [9.17, 15) is 14.4 Å². The molecule has 1 aromatic heterocycles. The average Bonchev–Trinajstić information content (AvgIpc) is 2.98. The molecule has 214 valence electrons. The van der Waals surface area contributed by atoms with Crippen LogP contribution >= 0.6 is 0 Å². The molecule has 0 bridgehead atoms. The quantitative estimate of drug-likeness (QED) is 0.182. The first-order valence-electron chi connectivity index (χ1n) is 13.8. The SMILES string of the molecule is NCCCN(CCCN)C(=O)CC[C@H](N)C(=O)N[C@@H](CCc1ccccc1)C(=O)Nc1cnc2ccccc2c1. The lowest BCUT2D eigenvalue weighted by Gasteiger charge is -2.24. The van der Waals surface area contributed by atoms with Crippen LogP contribution in [0.5, 0.6) is 0 Å². The first-order chi connectivity index (χ1) is 19.4. The molecule has 0 fully saturated rings. The average molecular weight is 548 g/mol. The topological polar surface area (TPSA) is 169 Å². The lowest BCUT2D eigenvalue weighted by atomic mass is 10.0. The Bertz CT molecular complexity index is 1230. The van der Waals surface area contributed by atoms with Gasteiger partial charge in [0.05, 0.1) is 23.4 Å². The number of carbonyl (C=O) groups is 3. The van der Waals surface area contributed by atoms with Crippen molar-refractivity contribution < 1.29 is 14.4 Å². The van der Waals surface area contributed by atoms with Gasteiger partial charge in [0.25, 0.3) is 0 Å². The summed E-state index contributed by atoms with van der Waals surface area (Å²) >= 11 is 0. The van der Waals surface area contributed by atoms with Crippen molar-refractivity contribution in [2.24, 2.45) is 17.2 Å². The molecule has 1 heterocycles. The Labute approximate surface area is 235 Å². The number of nitrogens with zero attached hydrogens (tertiary/aromatic N) is 2. The number of hydrogen-bond donors (Lipinski definition) is 5. The van der Waals surface area contributed by atoms with Gasteiger partial charge in [-0.25, -0.2) is 0 Å². The van der Waals surface area contributed by atoms with E-state index in [2.05, 4.69) is 15.6 Å². The molecule has 8 N–H and O–H groups in total. The van der Waals surface area contributed by atoms with Crippen molar-refractivity contribution in [2.45, 2.75) is 50.6 Å². The Morgan fingerprint density at radius 2 is 1.55 bits per heavy atom. The Morgan fingerprint density at radius 1 is 0.875 bits per heavy atom. The lowest BCUT2D eigenvalue weighted by Crippen LogP contribution is -2.50. The summed E-state index contributed by atoms with van der Waals surface area (Å²) in [6.07, 6.45) is 4.21. The number of fused-ring (bicyclic) bond motifs is 1. The molecular weight excluding hydrogens is 506 g/mol. The van der Waals surface area contributed by atoms with Crippen LogP contribution in [0, 0.1) is 0 Å². The van der Waals surface area contributed by atoms with Crippen molar-refractivity contribution in [1.29, 1.82) is 0 Å². The molecule has 0 aliphatic heterocycles. The van der Waals surface area contributed by atoms with Gasteiger partial charge in [-0.3, -0.25) is 19.4 Å². The second-order valence-electron chi connectivity index (χ2n) is 9.80. The van der Waals surface area contributed by atoms with Crippen molar-refractivity contribution in [3.8, 4) is 0 Å². The molecule has 10 heteroatoms. The maximum absolute atomic E-state index is 13.3. The zero-order valence-electron chi connectivity index (χ0n) is 22.9. The van der Waals surface area contributed by atoms with Gasteiger partial charge in [0, 0.05) is 24.9 Å². The van der Waals surface area contributed by atoms with Crippen LogP contribution in [0.2, 0.25) is 0 Å². The smallest absolute Gasteiger partial charge is 0.247 e. The first kappa shape index (κ1) is 30.7. The standard InChI is InChI=1S/C30H41N7O3/c31-16-6-18-37(19-7-17-32)28(38)15-13-25(33)29(39)36-27(14-12-22-8-2-1-3-9-22)30(40)35-24-20-23-10-4-5-11-26(23)34-21-24/h1-5,8-11,20-21,25,27H,6-7,12-19,31-33H2,(H,35,40)(H,36,39)/t25-,27-/m0/s1. The molecule has 0 unspecified atom stereocenters. The normalized spacial score (nSPS) is 12.5. The molecule has 0 radical (unpaired) electrons. The minimum Gasteiger partial charge on any atom is -0.343 e. The third-order valence-corrected chi connectivity index (χ3v) is 6.68. The summed E-state index contributed by atoms with van der Waals surface area (Å²) in [5.41, 5.74) is 19.8. The van der Waals surface area contributed by atoms with Crippen LogP contribution in [0.3, 0.4) is 0 Å². The van der Waals surface area contributed by atoms with Crippen LogP contribution in [0.4, 0.5) is 5.69 Å². The van der Waals surface area contributed by atoms with Gasteiger partial charge in [-0.1, -0.05) is 48.5 Å². The second kappa shape index (κ2) is 16.3. The summed E-state index contributed by atoms with van der Waals surface area (Å²) in [6, 6.07) is 17.4. The van der Waals surface area contributed by atoms with Crippen LogP contribution < -0.4 is 27.8 Å². The molecule has 0 saturated carbocycles. The van der Waals surface area contributed by atoms with Gasteiger partial charge in [0.2, 0.25) is 17.7 Å². The highest BCUT2D eigenvalue weighted by Gasteiger charge is 2.25. The van der Waals surface area contributed by atoms with Crippen molar-refractivity contribution in [3.05, 3.63) is 72.4 Å². The number of pyridine rings is 1. The van der Waals surface area contributed by atoms with Crippen LogP contribution in [0.15, 0.2) is 66.9 Å². The fourth-order valence-electron chi connectivity index (χ4n) is 4.37. The fraction of sp³-hybridized carbons (Fsp3) is 0.400.